The smallest absolute Gasteiger partial charge is 0.352 e. The molecule has 0 aliphatic carbocycles. The van der Waals surface area contributed by atoms with Crippen molar-refractivity contribution in [3.05, 3.63) is 57.1 Å². The number of nitrogens with zero attached hydrogens (tertiary/aromatic N) is 2. The number of hydrogen-bond donors (Lipinski definition) is 2. The zero-order valence-corrected chi connectivity index (χ0v) is 15.5. The first-order valence-electron chi connectivity index (χ1n) is 8.17. The number of rotatable bonds is 5. The lowest BCUT2D eigenvalue weighted by molar-refractivity contribution is -0.133. The number of halogens is 1. The molecule has 2 aromatic rings. The number of piperidine rings is 1. The number of carboxylic acid groups (broad SMARTS) is 1. The third-order valence-corrected chi connectivity index (χ3v) is 5.06. The number of nitrogens with one attached hydrogen (secondary N) is 1. The van der Waals surface area contributed by atoms with Gasteiger partial charge in [-0.2, -0.15) is 0 Å². The second kappa shape index (κ2) is 8.33. The van der Waals surface area contributed by atoms with Crippen molar-refractivity contribution in [2.75, 3.05) is 13.1 Å². The molecule has 8 heteroatoms. The standard InChI is InChI=1S/C18H18ClN3O3S/c19-13-3-1-12(2-4-13)17(23)22-7-5-14(6-8-22)21-16(18(24)25)9-15-10-26-11-20-15/h1-4,9-11,14,21H,5-8H2,(H,24,25). The topological polar surface area (TPSA) is 82.5 Å². The van der Waals surface area contributed by atoms with Gasteiger partial charge in [-0.3, -0.25) is 4.79 Å². The number of carbonyl (C=O) groups excluding carboxylic acids is 1. The predicted octanol–water partition coefficient (Wildman–Crippen LogP) is 3.12. The van der Waals surface area contributed by atoms with Crippen LogP contribution >= 0.6 is 22.9 Å². The van der Waals surface area contributed by atoms with Crippen molar-refractivity contribution in [1.29, 1.82) is 0 Å². The number of aliphatic carboxylic acids is 1. The van der Waals surface area contributed by atoms with Gasteiger partial charge in [-0.25, -0.2) is 9.78 Å². The van der Waals surface area contributed by atoms with E-state index in [0.29, 0.717) is 42.2 Å². The number of likely N-dealkylation sites (tertiary alicyclic amines) is 1. The first kappa shape index (κ1) is 18.4. The van der Waals surface area contributed by atoms with Crippen molar-refractivity contribution >= 4 is 40.9 Å². The van der Waals surface area contributed by atoms with Crippen LogP contribution in [-0.2, 0) is 4.79 Å². The van der Waals surface area contributed by atoms with Gasteiger partial charge >= 0.3 is 5.97 Å². The van der Waals surface area contributed by atoms with Crippen molar-refractivity contribution in [3.8, 4) is 0 Å². The lowest BCUT2D eigenvalue weighted by atomic mass is 10.0. The summed E-state index contributed by atoms with van der Waals surface area (Å²) in [5, 5.41) is 14.8. The van der Waals surface area contributed by atoms with Gasteiger partial charge in [0, 0.05) is 35.1 Å². The van der Waals surface area contributed by atoms with E-state index < -0.39 is 5.97 Å². The fourth-order valence-corrected chi connectivity index (χ4v) is 3.47. The molecule has 3 rings (SSSR count). The maximum Gasteiger partial charge on any atom is 0.352 e. The minimum absolute atomic E-state index is 0.00486. The average molecular weight is 392 g/mol. The second-order valence-electron chi connectivity index (χ2n) is 5.99. The molecule has 1 aliphatic rings. The maximum atomic E-state index is 12.5. The van der Waals surface area contributed by atoms with E-state index in [1.165, 1.54) is 17.4 Å². The van der Waals surface area contributed by atoms with E-state index in [2.05, 4.69) is 10.3 Å². The molecule has 1 saturated heterocycles. The van der Waals surface area contributed by atoms with Crippen LogP contribution in [0.2, 0.25) is 5.02 Å². The van der Waals surface area contributed by atoms with Crippen molar-refractivity contribution < 1.29 is 14.7 Å². The van der Waals surface area contributed by atoms with Crippen molar-refractivity contribution in [1.82, 2.24) is 15.2 Å². The SMILES string of the molecule is O=C(O)C(=Cc1cscn1)NC1CCN(C(=O)c2ccc(Cl)cc2)CC1. The highest BCUT2D eigenvalue weighted by Gasteiger charge is 2.25. The second-order valence-corrected chi connectivity index (χ2v) is 7.15. The normalized spacial score (nSPS) is 15.7. The van der Waals surface area contributed by atoms with Crippen LogP contribution in [0.25, 0.3) is 6.08 Å². The van der Waals surface area contributed by atoms with Gasteiger partial charge in [0.2, 0.25) is 0 Å². The van der Waals surface area contributed by atoms with Gasteiger partial charge in [-0.15, -0.1) is 11.3 Å². The van der Waals surface area contributed by atoms with Gasteiger partial charge in [-0.1, -0.05) is 11.6 Å². The number of hydrogen-bond acceptors (Lipinski definition) is 5. The van der Waals surface area contributed by atoms with E-state index in [-0.39, 0.29) is 17.6 Å². The number of aromatic nitrogens is 1. The summed E-state index contributed by atoms with van der Waals surface area (Å²) in [6.45, 7) is 1.14. The molecular formula is C18H18ClN3O3S. The number of benzene rings is 1. The molecule has 26 heavy (non-hydrogen) atoms. The molecule has 136 valence electrons. The van der Waals surface area contributed by atoms with E-state index >= 15 is 0 Å². The summed E-state index contributed by atoms with van der Waals surface area (Å²) in [5.74, 6) is -1.05. The molecule has 1 aliphatic heterocycles. The molecule has 6 nitrogen and oxygen atoms in total. The molecule has 1 fully saturated rings. The third kappa shape index (κ3) is 4.62. The molecule has 0 unspecified atom stereocenters. The van der Waals surface area contributed by atoms with Gasteiger partial charge in [0.1, 0.15) is 5.70 Å². The molecule has 0 atom stereocenters. The summed E-state index contributed by atoms with van der Waals surface area (Å²) >= 11 is 7.27. The minimum atomic E-state index is -1.02. The highest BCUT2D eigenvalue weighted by atomic mass is 35.5. The lowest BCUT2D eigenvalue weighted by Gasteiger charge is -2.33. The molecule has 0 bridgehead atoms. The summed E-state index contributed by atoms with van der Waals surface area (Å²) < 4.78 is 0. The van der Waals surface area contributed by atoms with Crippen LogP contribution in [-0.4, -0.2) is 46.0 Å². The zero-order chi connectivity index (χ0) is 18.5. The Kier molecular flexibility index (Phi) is 5.90. The van der Waals surface area contributed by atoms with Crippen LogP contribution in [0.3, 0.4) is 0 Å². The van der Waals surface area contributed by atoms with E-state index in [1.807, 2.05) is 0 Å². The lowest BCUT2D eigenvalue weighted by Crippen LogP contribution is -2.45. The van der Waals surface area contributed by atoms with E-state index in [0.717, 1.165) is 0 Å². The minimum Gasteiger partial charge on any atom is -0.477 e. The van der Waals surface area contributed by atoms with Crippen molar-refractivity contribution in [2.24, 2.45) is 0 Å². The number of carboxylic acids is 1. The molecule has 0 saturated carbocycles. The molecule has 1 aromatic heterocycles. The average Bonchev–Trinajstić information content (AvgIpc) is 3.15. The Balaban J connectivity index is 1.58. The molecule has 0 spiro atoms. The molecular weight excluding hydrogens is 374 g/mol. The number of carbonyl (C=O) groups is 2. The van der Waals surface area contributed by atoms with Crippen LogP contribution in [0.15, 0.2) is 40.9 Å². The first-order valence-corrected chi connectivity index (χ1v) is 9.49. The number of thiazole rings is 1. The molecule has 0 radical (unpaired) electrons. The van der Waals surface area contributed by atoms with Crippen LogP contribution in [0.4, 0.5) is 0 Å². The van der Waals surface area contributed by atoms with Crippen LogP contribution < -0.4 is 5.32 Å². The highest BCUT2D eigenvalue weighted by Crippen LogP contribution is 2.17. The summed E-state index contributed by atoms with van der Waals surface area (Å²) in [6, 6.07) is 6.84. The fourth-order valence-electron chi connectivity index (χ4n) is 2.83. The largest absolute Gasteiger partial charge is 0.477 e. The van der Waals surface area contributed by atoms with Gasteiger partial charge < -0.3 is 15.3 Å². The fraction of sp³-hybridized carbons (Fsp3) is 0.278. The summed E-state index contributed by atoms with van der Waals surface area (Å²) in [6.07, 6.45) is 2.89. The van der Waals surface area contributed by atoms with E-state index in [9.17, 15) is 14.7 Å². The Morgan fingerprint density at radius 3 is 2.54 bits per heavy atom. The Morgan fingerprint density at radius 2 is 1.96 bits per heavy atom. The van der Waals surface area contributed by atoms with Crippen molar-refractivity contribution in [3.63, 3.8) is 0 Å². The predicted molar refractivity (Wildman–Crippen MR) is 101 cm³/mol. The summed E-state index contributed by atoms with van der Waals surface area (Å²) in [4.78, 5) is 29.8. The van der Waals surface area contributed by atoms with Gasteiger partial charge in [0.15, 0.2) is 0 Å². The van der Waals surface area contributed by atoms with E-state index in [1.54, 1.807) is 40.1 Å². The van der Waals surface area contributed by atoms with Crippen LogP contribution in [0, 0.1) is 0 Å². The van der Waals surface area contributed by atoms with Gasteiger partial charge in [0.05, 0.1) is 11.2 Å². The molecule has 2 N–H and O–H groups in total. The summed E-state index contributed by atoms with van der Waals surface area (Å²) in [7, 11) is 0. The molecule has 2 heterocycles. The third-order valence-electron chi connectivity index (χ3n) is 4.21. The van der Waals surface area contributed by atoms with Gasteiger partial charge in [-0.05, 0) is 43.2 Å². The summed E-state index contributed by atoms with van der Waals surface area (Å²) in [5.41, 5.74) is 3.01. The first-order chi connectivity index (χ1) is 12.5. The van der Waals surface area contributed by atoms with Gasteiger partial charge in [0.25, 0.3) is 5.91 Å². The Hall–Kier alpha value is -2.38. The monoisotopic (exact) mass is 391 g/mol. The van der Waals surface area contributed by atoms with Crippen molar-refractivity contribution in [2.45, 2.75) is 18.9 Å². The molecule has 1 amide bonds. The van der Waals surface area contributed by atoms with E-state index in [4.69, 9.17) is 11.6 Å². The van der Waals surface area contributed by atoms with Crippen LogP contribution in [0.5, 0.6) is 0 Å². The quantitative estimate of drug-likeness (QED) is 0.765. The highest BCUT2D eigenvalue weighted by molar-refractivity contribution is 7.07. The van der Waals surface area contributed by atoms with Crippen LogP contribution in [0.1, 0.15) is 28.9 Å². The Morgan fingerprint density at radius 1 is 1.27 bits per heavy atom. The maximum absolute atomic E-state index is 12.5. The zero-order valence-electron chi connectivity index (χ0n) is 13.9. The Labute approximate surface area is 160 Å². The Bertz CT molecular complexity index is 798. The number of amides is 1. The molecule has 1 aromatic carbocycles.